The lowest BCUT2D eigenvalue weighted by Crippen LogP contribution is -2.42. The number of benzene rings is 1. The first-order chi connectivity index (χ1) is 10.9. The fourth-order valence-corrected chi connectivity index (χ4v) is 2.87. The first-order valence-corrected chi connectivity index (χ1v) is 7.57. The van der Waals surface area contributed by atoms with E-state index in [-0.39, 0.29) is 5.57 Å². The van der Waals surface area contributed by atoms with Crippen molar-refractivity contribution in [3.8, 4) is 5.75 Å². The molecule has 1 aromatic heterocycles. The van der Waals surface area contributed by atoms with E-state index in [0.717, 1.165) is 16.0 Å². The number of thiazole rings is 1. The maximum atomic E-state index is 11.8. The predicted molar refractivity (Wildman–Crippen MR) is 84.1 cm³/mol. The topological polar surface area (TPSA) is 86.8 Å². The molecule has 0 spiro atoms. The van der Waals surface area contributed by atoms with Crippen LogP contribution in [0.4, 0.5) is 5.13 Å². The van der Waals surface area contributed by atoms with Crippen LogP contribution in [-0.4, -0.2) is 29.8 Å². The molecule has 0 radical (unpaired) electrons. The van der Waals surface area contributed by atoms with Gasteiger partial charge in [0.2, 0.25) is 0 Å². The van der Waals surface area contributed by atoms with Crippen LogP contribution in [0, 0.1) is 0 Å². The lowest BCUT2D eigenvalue weighted by molar-refractivity contribution is -0.222. The van der Waals surface area contributed by atoms with Gasteiger partial charge in [-0.2, -0.15) is 0 Å². The van der Waals surface area contributed by atoms with Crippen molar-refractivity contribution in [1.82, 2.24) is 4.98 Å². The number of carbonyl (C=O) groups is 2. The van der Waals surface area contributed by atoms with Crippen LogP contribution < -0.4 is 10.1 Å². The zero-order valence-corrected chi connectivity index (χ0v) is 13.5. The number of cyclic esters (lactones) is 2. The summed E-state index contributed by atoms with van der Waals surface area (Å²) in [6.45, 7) is 2.99. The summed E-state index contributed by atoms with van der Waals surface area (Å²) in [6.07, 6.45) is 1.24. The quantitative estimate of drug-likeness (QED) is 0.524. The minimum atomic E-state index is -1.25. The summed E-state index contributed by atoms with van der Waals surface area (Å²) >= 11 is 1.37. The van der Waals surface area contributed by atoms with E-state index in [2.05, 4.69) is 10.3 Å². The highest BCUT2D eigenvalue weighted by atomic mass is 32.1. The fourth-order valence-electron chi connectivity index (χ4n) is 2.01. The number of esters is 2. The van der Waals surface area contributed by atoms with Crippen molar-refractivity contribution in [3.05, 3.63) is 30.0 Å². The van der Waals surface area contributed by atoms with Crippen LogP contribution >= 0.6 is 11.3 Å². The molecule has 0 amide bonds. The Morgan fingerprint density at radius 2 is 1.96 bits per heavy atom. The maximum Gasteiger partial charge on any atom is 0.350 e. The number of hydrogen-bond donors (Lipinski definition) is 1. The summed E-state index contributed by atoms with van der Waals surface area (Å²) in [7, 11) is 1.59. The van der Waals surface area contributed by atoms with E-state index < -0.39 is 17.7 Å². The second-order valence-corrected chi connectivity index (χ2v) is 6.26. The summed E-state index contributed by atoms with van der Waals surface area (Å²) in [5.41, 5.74) is 0.577. The number of nitrogens with one attached hydrogen (secondary N) is 1. The Labute approximate surface area is 135 Å². The molecule has 1 aliphatic rings. The third-order valence-electron chi connectivity index (χ3n) is 3.05. The third kappa shape index (κ3) is 3.11. The Bertz CT molecular complexity index is 802. The minimum absolute atomic E-state index is 0.207. The van der Waals surface area contributed by atoms with E-state index in [0.29, 0.717) is 5.13 Å². The summed E-state index contributed by atoms with van der Waals surface area (Å²) < 4.78 is 16.1. The molecule has 1 aliphatic heterocycles. The first kappa shape index (κ1) is 15.3. The molecule has 1 fully saturated rings. The predicted octanol–water partition coefficient (Wildman–Crippen LogP) is 2.44. The fraction of sp³-hybridized carbons (Fsp3) is 0.267. The zero-order chi connectivity index (χ0) is 16.6. The van der Waals surface area contributed by atoms with E-state index in [1.165, 1.54) is 31.4 Å². The van der Waals surface area contributed by atoms with Gasteiger partial charge in [0.1, 0.15) is 5.75 Å². The van der Waals surface area contributed by atoms with Crippen molar-refractivity contribution in [3.63, 3.8) is 0 Å². The number of methoxy groups -OCH3 is 1. The molecular formula is C15H14N2O5S. The largest absolute Gasteiger partial charge is 0.497 e. The van der Waals surface area contributed by atoms with E-state index in [1.54, 1.807) is 7.11 Å². The van der Waals surface area contributed by atoms with E-state index in [1.807, 2.05) is 18.2 Å². The molecule has 8 heteroatoms. The van der Waals surface area contributed by atoms with Crippen LogP contribution in [0.1, 0.15) is 13.8 Å². The van der Waals surface area contributed by atoms with Crippen LogP contribution in [0.2, 0.25) is 0 Å². The number of rotatable bonds is 3. The molecule has 0 atom stereocenters. The molecule has 2 heterocycles. The molecule has 23 heavy (non-hydrogen) atoms. The molecular weight excluding hydrogens is 320 g/mol. The van der Waals surface area contributed by atoms with E-state index >= 15 is 0 Å². The van der Waals surface area contributed by atoms with Gasteiger partial charge in [0.25, 0.3) is 5.79 Å². The first-order valence-electron chi connectivity index (χ1n) is 6.76. The van der Waals surface area contributed by atoms with Crippen molar-refractivity contribution in [1.29, 1.82) is 0 Å². The zero-order valence-electron chi connectivity index (χ0n) is 12.7. The number of ether oxygens (including phenoxy) is 3. The molecule has 0 bridgehead atoms. The number of anilines is 1. The second-order valence-electron chi connectivity index (χ2n) is 5.23. The molecule has 120 valence electrons. The van der Waals surface area contributed by atoms with Gasteiger partial charge in [-0.1, -0.05) is 11.3 Å². The Kier molecular flexibility index (Phi) is 3.69. The smallest absolute Gasteiger partial charge is 0.350 e. The Balaban J connectivity index is 1.82. The van der Waals surface area contributed by atoms with Crippen LogP contribution in [-0.2, 0) is 19.1 Å². The lowest BCUT2D eigenvalue weighted by Gasteiger charge is -2.29. The van der Waals surface area contributed by atoms with Gasteiger partial charge >= 0.3 is 11.9 Å². The average molecular weight is 334 g/mol. The van der Waals surface area contributed by atoms with Crippen molar-refractivity contribution in [2.24, 2.45) is 0 Å². The second kappa shape index (κ2) is 5.54. The highest BCUT2D eigenvalue weighted by Gasteiger charge is 2.38. The SMILES string of the molecule is COc1ccc2nc(NC=C3C(=O)OC(C)(C)OC3=O)sc2c1. The van der Waals surface area contributed by atoms with Gasteiger partial charge in [-0.05, 0) is 18.2 Å². The molecule has 0 saturated carbocycles. The van der Waals surface area contributed by atoms with Gasteiger partial charge in [-0.25, -0.2) is 14.6 Å². The molecule has 1 saturated heterocycles. The van der Waals surface area contributed by atoms with Gasteiger partial charge in [0.15, 0.2) is 10.7 Å². The van der Waals surface area contributed by atoms with Gasteiger partial charge in [0, 0.05) is 20.0 Å². The third-order valence-corrected chi connectivity index (χ3v) is 4.00. The van der Waals surface area contributed by atoms with E-state index in [4.69, 9.17) is 14.2 Å². The normalized spacial score (nSPS) is 16.7. The monoisotopic (exact) mass is 334 g/mol. The van der Waals surface area contributed by atoms with Crippen molar-refractivity contribution >= 4 is 38.6 Å². The number of nitrogens with zero attached hydrogens (tertiary/aromatic N) is 1. The van der Waals surface area contributed by atoms with Crippen LogP contribution in [0.3, 0.4) is 0 Å². The number of carbonyl (C=O) groups excluding carboxylic acids is 2. The highest BCUT2D eigenvalue weighted by molar-refractivity contribution is 7.22. The standard InChI is InChI=1S/C15H14N2O5S/c1-15(2)21-12(18)9(13(19)22-15)7-16-14-17-10-5-4-8(20-3)6-11(10)23-14/h4-7H,1-3H3,(H,16,17). The van der Waals surface area contributed by atoms with E-state index in [9.17, 15) is 9.59 Å². The van der Waals surface area contributed by atoms with Gasteiger partial charge < -0.3 is 19.5 Å². The average Bonchev–Trinajstić information content (AvgIpc) is 2.86. The molecule has 3 rings (SSSR count). The highest BCUT2D eigenvalue weighted by Crippen LogP contribution is 2.29. The molecule has 0 unspecified atom stereocenters. The molecule has 7 nitrogen and oxygen atoms in total. The Hall–Kier alpha value is -2.61. The van der Waals surface area contributed by atoms with Gasteiger partial charge in [-0.15, -0.1) is 0 Å². The summed E-state index contributed by atoms with van der Waals surface area (Å²) in [6, 6.07) is 5.49. The molecule has 0 aliphatic carbocycles. The Morgan fingerprint density at radius 3 is 2.61 bits per heavy atom. The molecule has 2 aromatic rings. The van der Waals surface area contributed by atoms with Crippen LogP contribution in [0.5, 0.6) is 5.75 Å². The maximum absolute atomic E-state index is 11.8. The molecule has 1 aromatic carbocycles. The Morgan fingerprint density at radius 1 is 1.26 bits per heavy atom. The summed E-state index contributed by atoms with van der Waals surface area (Å²) in [5, 5.41) is 3.37. The summed E-state index contributed by atoms with van der Waals surface area (Å²) in [4.78, 5) is 28.0. The lowest BCUT2D eigenvalue weighted by atomic mass is 10.2. The summed E-state index contributed by atoms with van der Waals surface area (Å²) in [5.74, 6) is -1.99. The number of hydrogen-bond acceptors (Lipinski definition) is 8. The van der Waals surface area contributed by atoms with Crippen molar-refractivity contribution in [2.45, 2.75) is 19.6 Å². The van der Waals surface area contributed by atoms with Gasteiger partial charge in [-0.3, -0.25) is 0 Å². The van der Waals surface area contributed by atoms with Crippen LogP contribution in [0.15, 0.2) is 30.0 Å². The number of fused-ring (bicyclic) bond motifs is 1. The number of aromatic nitrogens is 1. The van der Waals surface area contributed by atoms with Crippen LogP contribution in [0.25, 0.3) is 10.2 Å². The van der Waals surface area contributed by atoms with Gasteiger partial charge in [0.05, 0.1) is 17.3 Å². The van der Waals surface area contributed by atoms with Crippen molar-refractivity contribution in [2.75, 3.05) is 12.4 Å². The minimum Gasteiger partial charge on any atom is -0.497 e. The molecule has 1 N–H and O–H groups in total. The van der Waals surface area contributed by atoms with Crippen molar-refractivity contribution < 1.29 is 23.8 Å².